The Morgan fingerprint density at radius 1 is 0.600 bits per heavy atom. The molecule has 0 heterocycles. The van der Waals surface area contributed by atoms with Gasteiger partial charge in [-0.15, -0.1) is 0 Å². The van der Waals surface area contributed by atoms with Gasteiger partial charge in [0, 0.05) is 13.0 Å². The second kappa shape index (κ2) is 39.2. The van der Waals surface area contributed by atoms with Gasteiger partial charge in [0.05, 0.1) is 13.2 Å². The molecule has 0 fully saturated rings. The van der Waals surface area contributed by atoms with Crippen LogP contribution in [0, 0.1) is 0 Å². The molecule has 0 aliphatic heterocycles. The van der Waals surface area contributed by atoms with Crippen molar-refractivity contribution in [2.45, 2.75) is 206 Å². The molecular formula is C41H80NO7P. The number of hydrogen-bond acceptors (Lipinski definition) is 7. The van der Waals surface area contributed by atoms with Crippen molar-refractivity contribution in [3.05, 3.63) is 24.3 Å². The van der Waals surface area contributed by atoms with Crippen molar-refractivity contribution in [2.75, 3.05) is 26.4 Å². The zero-order valence-corrected chi connectivity index (χ0v) is 33.3. The largest absolute Gasteiger partial charge is 0.472 e. The lowest BCUT2D eigenvalue weighted by atomic mass is 10.0. The summed E-state index contributed by atoms with van der Waals surface area (Å²) in [5.41, 5.74) is 5.20. The Balaban J connectivity index is 3.28. The smallest absolute Gasteiger partial charge is 0.463 e. The highest BCUT2D eigenvalue weighted by Gasteiger charge is 2.22. The van der Waals surface area contributed by atoms with Crippen LogP contribution in [0.4, 0.5) is 0 Å². The SMILES string of the molecule is CCCCCCC/C=C\C/C=C\CCCCCCCCCCCCCCCCCCCCCCCC(=O)OCC(O)COP(=O)(O)OCCN. The maximum absolute atomic E-state index is 11.8. The monoisotopic (exact) mass is 730 g/mol. The molecule has 0 aliphatic carbocycles. The molecule has 9 heteroatoms. The van der Waals surface area contributed by atoms with E-state index in [0.717, 1.165) is 25.7 Å². The average molecular weight is 730 g/mol. The number of aliphatic hydroxyl groups is 1. The van der Waals surface area contributed by atoms with Crippen molar-refractivity contribution < 1.29 is 33.1 Å². The molecule has 296 valence electrons. The average Bonchev–Trinajstić information content (AvgIpc) is 3.11. The highest BCUT2D eigenvalue weighted by atomic mass is 31.2. The van der Waals surface area contributed by atoms with Gasteiger partial charge in [-0.25, -0.2) is 4.57 Å². The second-order valence-corrected chi connectivity index (χ2v) is 15.5. The second-order valence-electron chi connectivity index (χ2n) is 14.1. The maximum atomic E-state index is 11.8. The van der Waals surface area contributed by atoms with Crippen molar-refractivity contribution in [1.82, 2.24) is 0 Å². The van der Waals surface area contributed by atoms with E-state index < -0.39 is 20.5 Å². The van der Waals surface area contributed by atoms with Crippen molar-refractivity contribution in [1.29, 1.82) is 0 Å². The van der Waals surface area contributed by atoms with Crippen LogP contribution in [0.2, 0.25) is 0 Å². The molecular weight excluding hydrogens is 649 g/mol. The fourth-order valence-corrected chi connectivity index (χ4v) is 6.73. The van der Waals surface area contributed by atoms with Crippen LogP contribution in [-0.2, 0) is 23.1 Å². The molecule has 0 aliphatic rings. The van der Waals surface area contributed by atoms with Gasteiger partial charge < -0.3 is 20.5 Å². The number of rotatable bonds is 40. The Morgan fingerprint density at radius 2 is 1.00 bits per heavy atom. The summed E-state index contributed by atoms with van der Waals surface area (Å²) in [6, 6.07) is 0. The highest BCUT2D eigenvalue weighted by molar-refractivity contribution is 7.47. The minimum absolute atomic E-state index is 0.0757. The number of aliphatic hydroxyl groups excluding tert-OH is 1. The predicted octanol–water partition coefficient (Wildman–Crippen LogP) is 11.8. The zero-order chi connectivity index (χ0) is 36.6. The summed E-state index contributed by atoms with van der Waals surface area (Å²) in [5, 5.41) is 9.76. The third-order valence-corrected chi connectivity index (χ3v) is 10.1. The lowest BCUT2D eigenvalue weighted by molar-refractivity contribution is -0.147. The number of nitrogens with two attached hydrogens (primary N) is 1. The number of esters is 1. The molecule has 0 amide bonds. The molecule has 8 nitrogen and oxygen atoms in total. The number of allylic oxidation sites excluding steroid dienone is 4. The van der Waals surface area contributed by atoms with E-state index in [2.05, 4.69) is 40.3 Å². The van der Waals surface area contributed by atoms with Gasteiger partial charge >= 0.3 is 13.8 Å². The summed E-state index contributed by atoms with van der Waals surface area (Å²) in [4.78, 5) is 21.2. The van der Waals surface area contributed by atoms with E-state index in [1.165, 1.54) is 161 Å². The first-order chi connectivity index (χ1) is 24.4. The summed E-state index contributed by atoms with van der Waals surface area (Å²) in [6.45, 7) is 1.47. The highest BCUT2D eigenvalue weighted by Crippen LogP contribution is 2.42. The third kappa shape index (κ3) is 39.8. The van der Waals surface area contributed by atoms with Crippen LogP contribution in [0.1, 0.15) is 200 Å². The summed E-state index contributed by atoms with van der Waals surface area (Å²) < 4.78 is 25.7. The fourth-order valence-electron chi connectivity index (χ4n) is 5.96. The lowest BCUT2D eigenvalue weighted by Crippen LogP contribution is -2.23. The number of phosphoric acid groups is 1. The van der Waals surface area contributed by atoms with Crippen LogP contribution in [0.5, 0.6) is 0 Å². The van der Waals surface area contributed by atoms with Crippen LogP contribution >= 0.6 is 7.82 Å². The first kappa shape index (κ1) is 49.0. The lowest BCUT2D eigenvalue weighted by Gasteiger charge is -2.15. The molecule has 0 rings (SSSR count). The van der Waals surface area contributed by atoms with Crippen LogP contribution < -0.4 is 5.73 Å². The van der Waals surface area contributed by atoms with E-state index in [1.807, 2.05) is 0 Å². The normalized spacial score (nSPS) is 13.8. The van der Waals surface area contributed by atoms with E-state index in [4.69, 9.17) is 10.5 Å². The molecule has 0 spiro atoms. The van der Waals surface area contributed by atoms with Gasteiger partial charge in [0.1, 0.15) is 12.7 Å². The van der Waals surface area contributed by atoms with Gasteiger partial charge in [-0.3, -0.25) is 13.8 Å². The van der Waals surface area contributed by atoms with Gasteiger partial charge in [-0.1, -0.05) is 179 Å². The van der Waals surface area contributed by atoms with Crippen molar-refractivity contribution >= 4 is 13.8 Å². The maximum Gasteiger partial charge on any atom is 0.472 e. The number of carbonyl (C=O) groups is 1. The number of phosphoric ester groups is 1. The standard InChI is InChI=1S/C41H80NO7P/c1-2-3-4-5-6-7-8-9-10-11-12-13-14-15-16-17-18-19-20-21-22-23-24-25-26-27-28-29-30-31-32-33-34-35-41(44)47-38-40(43)39-49-50(45,46)48-37-36-42/h8-9,11-12,40,43H,2-7,10,13-39,42H2,1H3,(H,45,46)/b9-8-,12-11-. The molecule has 50 heavy (non-hydrogen) atoms. The minimum Gasteiger partial charge on any atom is -0.463 e. The Kier molecular flexibility index (Phi) is 38.4. The van der Waals surface area contributed by atoms with Crippen molar-refractivity contribution in [2.24, 2.45) is 5.73 Å². The number of ether oxygens (including phenoxy) is 1. The summed E-state index contributed by atoms with van der Waals surface area (Å²) in [5.74, 6) is -0.381. The van der Waals surface area contributed by atoms with Crippen molar-refractivity contribution in [3.8, 4) is 0 Å². The number of unbranched alkanes of at least 4 members (excludes halogenated alkanes) is 26. The zero-order valence-electron chi connectivity index (χ0n) is 32.4. The van der Waals surface area contributed by atoms with E-state index in [1.54, 1.807) is 0 Å². The Bertz CT molecular complexity index is 823. The van der Waals surface area contributed by atoms with Gasteiger partial charge in [0.15, 0.2) is 0 Å². The minimum atomic E-state index is -4.25. The van der Waals surface area contributed by atoms with Gasteiger partial charge in [-0.2, -0.15) is 0 Å². The van der Waals surface area contributed by atoms with Gasteiger partial charge in [-0.05, 0) is 38.5 Å². The predicted molar refractivity (Wildman–Crippen MR) is 210 cm³/mol. The number of hydrogen-bond donors (Lipinski definition) is 3. The molecule has 0 radical (unpaired) electrons. The van der Waals surface area contributed by atoms with Crippen LogP contribution in [0.3, 0.4) is 0 Å². The molecule has 0 aromatic rings. The topological polar surface area (TPSA) is 128 Å². The molecule has 0 aromatic heterocycles. The van der Waals surface area contributed by atoms with Gasteiger partial charge in [0.2, 0.25) is 0 Å². The molecule has 0 bridgehead atoms. The van der Waals surface area contributed by atoms with Gasteiger partial charge in [0.25, 0.3) is 0 Å². The molecule has 0 saturated heterocycles. The summed E-state index contributed by atoms with van der Waals surface area (Å²) >= 11 is 0. The molecule has 2 unspecified atom stereocenters. The molecule has 0 saturated carbocycles. The molecule has 2 atom stereocenters. The van der Waals surface area contributed by atoms with E-state index in [0.29, 0.717) is 6.42 Å². The Morgan fingerprint density at radius 3 is 1.42 bits per heavy atom. The van der Waals surface area contributed by atoms with E-state index >= 15 is 0 Å². The molecule has 0 aromatic carbocycles. The fraction of sp³-hybridized carbons (Fsp3) is 0.878. The Labute approximate surface area is 308 Å². The first-order valence-electron chi connectivity index (χ1n) is 20.9. The van der Waals surface area contributed by atoms with Crippen LogP contribution in [-0.4, -0.2) is 48.4 Å². The first-order valence-corrected chi connectivity index (χ1v) is 22.4. The quantitative estimate of drug-likeness (QED) is 0.0246. The number of carbonyl (C=O) groups excluding carboxylic acids is 1. The molecule has 4 N–H and O–H groups in total. The van der Waals surface area contributed by atoms with Crippen LogP contribution in [0.25, 0.3) is 0 Å². The summed E-state index contributed by atoms with van der Waals surface area (Å²) in [7, 11) is -4.25. The van der Waals surface area contributed by atoms with E-state index in [9.17, 15) is 19.4 Å². The summed E-state index contributed by atoms with van der Waals surface area (Å²) in [6.07, 6.45) is 46.5. The van der Waals surface area contributed by atoms with E-state index in [-0.39, 0.29) is 25.7 Å². The third-order valence-electron chi connectivity index (χ3n) is 9.07. The Hall–Kier alpha value is -1.02. The van der Waals surface area contributed by atoms with Crippen LogP contribution in [0.15, 0.2) is 24.3 Å². The van der Waals surface area contributed by atoms with Crippen molar-refractivity contribution in [3.63, 3.8) is 0 Å².